The number of hydrogen-bond donors (Lipinski definition) is 2. The molecule has 0 bridgehead atoms. The number of aldehydes is 1. The molecule has 1 aromatic heterocycles. The zero-order chi connectivity index (χ0) is 17.6. The fraction of sp³-hybridized carbons (Fsp3) is 0.368. The largest absolute Gasteiger partial charge is 0.507 e. The van der Waals surface area contributed by atoms with Crippen molar-refractivity contribution in [3.63, 3.8) is 0 Å². The Labute approximate surface area is 146 Å². The highest BCUT2D eigenvalue weighted by molar-refractivity contribution is 5.83. The molecule has 2 aromatic rings. The van der Waals surface area contributed by atoms with Crippen LogP contribution in [-0.2, 0) is 0 Å². The maximum atomic E-state index is 11.2. The van der Waals surface area contributed by atoms with Gasteiger partial charge in [0.05, 0.1) is 19.3 Å². The van der Waals surface area contributed by atoms with Crippen LogP contribution in [0, 0.1) is 5.92 Å². The molecule has 6 nitrogen and oxygen atoms in total. The molecule has 25 heavy (non-hydrogen) atoms. The smallest absolute Gasteiger partial charge is 0.216 e. The molecule has 0 radical (unpaired) electrons. The van der Waals surface area contributed by atoms with E-state index in [-0.39, 0.29) is 23.1 Å². The number of pyridine rings is 1. The monoisotopic (exact) mass is 342 g/mol. The minimum absolute atomic E-state index is 0.0664. The Morgan fingerprint density at radius 3 is 3.04 bits per heavy atom. The van der Waals surface area contributed by atoms with Crippen LogP contribution >= 0.6 is 0 Å². The Morgan fingerprint density at radius 1 is 1.36 bits per heavy atom. The minimum Gasteiger partial charge on any atom is -0.507 e. The van der Waals surface area contributed by atoms with Crippen LogP contribution < -0.4 is 14.8 Å². The van der Waals surface area contributed by atoms with Gasteiger partial charge in [0.15, 0.2) is 6.29 Å². The van der Waals surface area contributed by atoms with Gasteiger partial charge in [-0.05, 0) is 31.2 Å². The summed E-state index contributed by atoms with van der Waals surface area (Å²) in [5, 5.41) is 13.2. The third-order valence-corrected chi connectivity index (χ3v) is 4.63. The van der Waals surface area contributed by atoms with Gasteiger partial charge in [0.25, 0.3) is 0 Å². The quantitative estimate of drug-likeness (QED) is 0.785. The first-order valence-corrected chi connectivity index (χ1v) is 8.34. The summed E-state index contributed by atoms with van der Waals surface area (Å²) in [7, 11) is 1.62. The van der Waals surface area contributed by atoms with Gasteiger partial charge in [-0.15, -0.1) is 0 Å². The summed E-state index contributed by atoms with van der Waals surface area (Å²) in [6.07, 6.45) is 3.28. The molecule has 2 heterocycles. The van der Waals surface area contributed by atoms with Crippen molar-refractivity contribution < 1.29 is 19.4 Å². The van der Waals surface area contributed by atoms with Gasteiger partial charge in [-0.1, -0.05) is 12.1 Å². The molecule has 1 fully saturated rings. The Morgan fingerprint density at radius 2 is 2.24 bits per heavy atom. The first-order chi connectivity index (χ1) is 12.2. The van der Waals surface area contributed by atoms with E-state index >= 15 is 0 Å². The number of phenolic OH excluding ortho intramolecular Hbond substituents is 1. The van der Waals surface area contributed by atoms with Crippen LogP contribution in [-0.4, -0.2) is 43.2 Å². The first kappa shape index (κ1) is 17.2. The maximum Gasteiger partial charge on any atom is 0.216 e. The second kappa shape index (κ2) is 7.98. The second-order valence-corrected chi connectivity index (χ2v) is 6.08. The molecular weight excluding hydrogens is 320 g/mol. The van der Waals surface area contributed by atoms with Crippen LogP contribution in [0.1, 0.15) is 28.3 Å². The van der Waals surface area contributed by atoms with Crippen LogP contribution in [0.4, 0.5) is 0 Å². The predicted octanol–water partition coefficient (Wildman–Crippen LogP) is 2.38. The van der Waals surface area contributed by atoms with Crippen molar-refractivity contribution >= 4 is 6.29 Å². The molecule has 0 saturated carbocycles. The number of ether oxygens (including phenoxy) is 2. The van der Waals surface area contributed by atoms with Crippen molar-refractivity contribution in [2.24, 2.45) is 5.92 Å². The molecular formula is C19H22N2O4. The minimum atomic E-state index is -0.0664. The highest BCUT2D eigenvalue weighted by Crippen LogP contribution is 2.35. The number of rotatable bonds is 6. The number of carbonyl (C=O) groups excluding carboxylic acids is 1. The number of aromatic hydroxyl groups is 1. The van der Waals surface area contributed by atoms with E-state index in [0.717, 1.165) is 25.1 Å². The van der Waals surface area contributed by atoms with E-state index in [1.165, 1.54) is 6.07 Å². The predicted molar refractivity (Wildman–Crippen MR) is 93.5 cm³/mol. The number of carbonyl (C=O) groups is 1. The Balaban J connectivity index is 1.78. The number of nitrogens with one attached hydrogen (secondary N) is 1. The van der Waals surface area contributed by atoms with E-state index in [2.05, 4.69) is 10.3 Å². The van der Waals surface area contributed by atoms with Crippen molar-refractivity contribution in [1.29, 1.82) is 0 Å². The topological polar surface area (TPSA) is 80.7 Å². The molecule has 132 valence electrons. The van der Waals surface area contributed by atoms with Gasteiger partial charge in [0.2, 0.25) is 5.88 Å². The Hall–Kier alpha value is -2.60. The molecule has 1 saturated heterocycles. The molecule has 0 aliphatic carbocycles. The number of nitrogens with zero attached hydrogens (tertiary/aromatic N) is 1. The molecule has 3 rings (SSSR count). The summed E-state index contributed by atoms with van der Waals surface area (Å²) in [4.78, 5) is 15.5. The van der Waals surface area contributed by atoms with E-state index in [9.17, 15) is 9.90 Å². The Kier molecular flexibility index (Phi) is 5.50. The standard InChI is InChI=1S/C19H22N2O4/c1-24-19-14(4-3-8-21-19)15-10-20-9-7-13(15)12-25-18-6-2-5-17(23)16(18)11-22/h2-6,8,11,13,15,20,23H,7,9-10,12H2,1H3. The van der Waals surface area contributed by atoms with Gasteiger partial charge in [-0.2, -0.15) is 0 Å². The van der Waals surface area contributed by atoms with E-state index in [4.69, 9.17) is 9.47 Å². The summed E-state index contributed by atoms with van der Waals surface area (Å²) < 4.78 is 11.3. The van der Waals surface area contributed by atoms with Crippen molar-refractivity contribution in [1.82, 2.24) is 10.3 Å². The summed E-state index contributed by atoms with van der Waals surface area (Å²) in [6, 6.07) is 8.78. The van der Waals surface area contributed by atoms with Gasteiger partial charge >= 0.3 is 0 Å². The van der Waals surface area contributed by atoms with Gasteiger partial charge in [0, 0.05) is 30.1 Å². The number of methoxy groups -OCH3 is 1. The SMILES string of the molecule is COc1ncccc1C1CNCCC1COc1cccc(O)c1C=O. The van der Waals surface area contributed by atoms with Crippen LogP contribution in [0.2, 0.25) is 0 Å². The summed E-state index contributed by atoms with van der Waals surface area (Å²) >= 11 is 0. The lowest BCUT2D eigenvalue weighted by Gasteiger charge is -2.32. The van der Waals surface area contributed by atoms with Gasteiger partial charge in [0.1, 0.15) is 11.5 Å². The highest BCUT2D eigenvalue weighted by Gasteiger charge is 2.29. The van der Waals surface area contributed by atoms with Crippen LogP contribution in [0.25, 0.3) is 0 Å². The van der Waals surface area contributed by atoms with Crippen LogP contribution in [0.15, 0.2) is 36.5 Å². The zero-order valence-corrected chi connectivity index (χ0v) is 14.1. The van der Waals surface area contributed by atoms with Crippen molar-refractivity contribution in [3.8, 4) is 17.4 Å². The van der Waals surface area contributed by atoms with E-state index < -0.39 is 0 Å². The number of benzene rings is 1. The molecule has 1 aliphatic heterocycles. The fourth-order valence-electron chi connectivity index (χ4n) is 3.31. The maximum absolute atomic E-state index is 11.2. The Bertz CT molecular complexity index is 735. The van der Waals surface area contributed by atoms with Gasteiger partial charge in [-0.3, -0.25) is 4.79 Å². The fourth-order valence-corrected chi connectivity index (χ4v) is 3.31. The molecule has 0 spiro atoms. The summed E-state index contributed by atoms with van der Waals surface area (Å²) in [6.45, 7) is 2.18. The number of aromatic nitrogens is 1. The summed E-state index contributed by atoms with van der Waals surface area (Å²) in [5.74, 6) is 1.43. The normalized spacial score (nSPS) is 20.0. The van der Waals surface area contributed by atoms with Gasteiger partial charge in [-0.25, -0.2) is 4.98 Å². The molecule has 1 aliphatic rings. The van der Waals surface area contributed by atoms with Crippen molar-refractivity contribution in [2.45, 2.75) is 12.3 Å². The van der Waals surface area contributed by atoms with E-state index in [1.807, 2.05) is 12.1 Å². The van der Waals surface area contributed by atoms with Crippen LogP contribution in [0.3, 0.4) is 0 Å². The first-order valence-electron chi connectivity index (χ1n) is 8.34. The highest BCUT2D eigenvalue weighted by atomic mass is 16.5. The lowest BCUT2D eigenvalue weighted by molar-refractivity contribution is 0.111. The zero-order valence-electron chi connectivity index (χ0n) is 14.1. The number of phenols is 1. The molecule has 6 heteroatoms. The molecule has 2 N–H and O–H groups in total. The molecule has 2 unspecified atom stereocenters. The molecule has 2 atom stereocenters. The van der Waals surface area contributed by atoms with E-state index in [1.54, 1.807) is 25.4 Å². The van der Waals surface area contributed by atoms with Crippen molar-refractivity contribution in [2.75, 3.05) is 26.8 Å². The van der Waals surface area contributed by atoms with Crippen molar-refractivity contribution in [3.05, 3.63) is 47.7 Å². The number of piperidine rings is 1. The second-order valence-electron chi connectivity index (χ2n) is 6.08. The third-order valence-electron chi connectivity index (χ3n) is 4.63. The average Bonchev–Trinajstić information content (AvgIpc) is 2.66. The molecule has 1 aromatic carbocycles. The van der Waals surface area contributed by atoms with Crippen LogP contribution in [0.5, 0.6) is 17.4 Å². The molecule has 0 amide bonds. The summed E-state index contributed by atoms with van der Waals surface area (Å²) in [5.41, 5.74) is 1.24. The van der Waals surface area contributed by atoms with E-state index in [0.29, 0.717) is 24.5 Å². The third kappa shape index (κ3) is 3.74. The number of hydrogen-bond acceptors (Lipinski definition) is 6. The lowest BCUT2D eigenvalue weighted by atomic mass is 9.82. The lowest BCUT2D eigenvalue weighted by Crippen LogP contribution is -2.38. The average molecular weight is 342 g/mol. The van der Waals surface area contributed by atoms with Gasteiger partial charge < -0.3 is 19.9 Å².